The van der Waals surface area contributed by atoms with E-state index in [1.807, 2.05) is 41.3 Å². The topological polar surface area (TPSA) is 48.0 Å². The van der Waals surface area contributed by atoms with Crippen LogP contribution in [0.15, 0.2) is 72.8 Å². The molecule has 1 aliphatic heterocycles. The summed E-state index contributed by atoms with van der Waals surface area (Å²) in [7, 11) is 1.66. The van der Waals surface area contributed by atoms with Crippen molar-refractivity contribution < 1.29 is 19.0 Å². The van der Waals surface area contributed by atoms with Crippen molar-refractivity contribution in [1.82, 2.24) is 4.90 Å². The summed E-state index contributed by atoms with van der Waals surface area (Å²) in [6, 6.07) is 24.6. The van der Waals surface area contributed by atoms with E-state index in [1.54, 1.807) is 14.0 Å². The molecule has 5 heteroatoms. The minimum absolute atomic E-state index is 0.0484. The lowest BCUT2D eigenvalue weighted by atomic mass is 9.84. The van der Waals surface area contributed by atoms with Gasteiger partial charge in [-0.2, -0.15) is 0 Å². The molecule has 1 unspecified atom stereocenters. The third kappa shape index (κ3) is 4.09. The molecule has 2 aliphatic rings. The summed E-state index contributed by atoms with van der Waals surface area (Å²) in [4.78, 5) is 14.1. The highest BCUT2D eigenvalue weighted by Crippen LogP contribution is 2.41. The maximum absolute atomic E-state index is 12.3. The predicted octanol–water partition coefficient (Wildman–Crippen LogP) is 4.36. The molecule has 0 N–H and O–H groups in total. The Bertz CT molecular complexity index is 1120. The smallest absolute Gasteiger partial charge is 0.219 e. The van der Waals surface area contributed by atoms with Gasteiger partial charge in [0.15, 0.2) is 11.5 Å². The molecule has 3 aromatic rings. The lowest BCUT2D eigenvalue weighted by Gasteiger charge is -2.43. The molecule has 0 aromatic heterocycles. The van der Waals surface area contributed by atoms with E-state index >= 15 is 0 Å². The molecule has 1 fully saturated rings. The lowest BCUT2D eigenvalue weighted by Crippen LogP contribution is -2.52. The first kappa shape index (κ1) is 21.5. The molecule has 5 rings (SSSR count). The number of hydrogen-bond donors (Lipinski definition) is 0. The first-order chi connectivity index (χ1) is 16.1. The molecule has 0 bridgehead atoms. The van der Waals surface area contributed by atoms with Gasteiger partial charge in [0.2, 0.25) is 5.91 Å². The number of hydrogen-bond acceptors (Lipinski definition) is 4. The van der Waals surface area contributed by atoms with Crippen molar-refractivity contribution in [3.8, 4) is 11.5 Å². The number of rotatable bonds is 5. The van der Waals surface area contributed by atoms with Crippen LogP contribution in [0.5, 0.6) is 11.5 Å². The summed E-state index contributed by atoms with van der Waals surface area (Å²) < 4.78 is 18.6. The fourth-order valence-corrected chi connectivity index (χ4v) is 5.02. The van der Waals surface area contributed by atoms with Gasteiger partial charge in [0.1, 0.15) is 11.7 Å². The Kier molecular flexibility index (Phi) is 5.81. The van der Waals surface area contributed by atoms with Crippen LogP contribution in [0.1, 0.15) is 29.2 Å². The van der Waals surface area contributed by atoms with Gasteiger partial charge in [-0.05, 0) is 34.4 Å². The normalized spacial score (nSPS) is 20.4. The molecule has 0 radical (unpaired) electrons. The number of carbonyl (C=O) groups excluding carboxylic acids is 1. The third-order valence-corrected chi connectivity index (χ3v) is 6.75. The minimum atomic E-state index is -0.770. The lowest BCUT2D eigenvalue weighted by molar-refractivity contribution is -0.144. The van der Waals surface area contributed by atoms with Crippen LogP contribution in [-0.2, 0) is 28.0 Å². The maximum atomic E-state index is 12.3. The Morgan fingerprint density at radius 3 is 2.30 bits per heavy atom. The molecule has 1 aliphatic carbocycles. The van der Waals surface area contributed by atoms with E-state index in [1.165, 1.54) is 11.1 Å². The van der Waals surface area contributed by atoms with E-state index in [0.717, 1.165) is 24.0 Å². The molecular weight excluding hydrogens is 414 g/mol. The third-order valence-electron chi connectivity index (χ3n) is 6.75. The highest BCUT2D eigenvalue weighted by Gasteiger charge is 2.41. The zero-order chi connectivity index (χ0) is 22.8. The van der Waals surface area contributed by atoms with Gasteiger partial charge in [-0.15, -0.1) is 0 Å². The molecule has 3 aromatic carbocycles. The van der Waals surface area contributed by atoms with E-state index in [9.17, 15) is 4.79 Å². The molecule has 1 amide bonds. The summed E-state index contributed by atoms with van der Waals surface area (Å²) >= 11 is 0. The average Bonchev–Trinajstić information content (AvgIpc) is 3.27. The van der Waals surface area contributed by atoms with Crippen molar-refractivity contribution >= 4 is 5.91 Å². The van der Waals surface area contributed by atoms with E-state index in [2.05, 4.69) is 36.4 Å². The SMILES string of the molecule is COc1ccc(C2(c3ccccc3)CN(C(C)=O)CCO2)cc1OC1Cc2ccccc2C1. The van der Waals surface area contributed by atoms with Gasteiger partial charge < -0.3 is 19.1 Å². The van der Waals surface area contributed by atoms with Gasteiger partial charge in [0.05, 0.1) is 20.3 Å². The molecule has 0 spiro atoms. The van der Waals surface area contributed by atoms with Crippen LogP contribution in [0.2, 0.25) is 0 Å². The zero-order valence-electron chi connectivity index (χ0n) is 19.1. The number of nitrogens with zero attached hydrogens (tertiary/aromatic N) is 1. The second-order valence-electron chi connectivity index (χ2n) is 8.76. The number of morpholine rings is 1. The van der Waals surface area contributed by atoms with E-state index in [-0.39, 0.29) is 12.0 Å². The molecule has 0 saturated carbocycles. The van der Waals surface area contributed by atoms with Gasteiger partial charge >= 0.3 is 0 Å². The van der Waals surface area contributed by atoms with Crippen molar-refractivity contribution in [2.75, 3.05) is 26.8 Å². The van der Waals surface area contributed by atoms with Gasteiger partial charge in [-0.3, -0.25) is 4.79 Å². The molecule has 1 atom stereocenters. The van der Waals surface area contributed by atoms with Crippen molar-refractivity contribution in [1.29, 1.82) is 0 Å². The average molecular weight is 444 g/mol. The summed E-state index contributed by atoms with van der Waals surface area (Å²) in [6.45, 7) is 3.12. The molecule has 170 valence electrons. The van der Waals surface area contributed by atoms with Crippen LogP contribution in [0, 0.1) is 0 Å². The second-order valence-corrected chi connectivity index (χ2v) is 8.76. The van der Waals surface area contributed by atoms with Crippen molar-refractivity contribution in [3.63, 3.8) is 0 Å². The van der Waals surface area contributed by atoms with E-state index in [4.69, 9.17) is 14.2 Å². The molecular formula is C28H29NO4. The second kappa shape index (κ2) is 8.91. The fraction of sp³-hybridized carbons (Fsp3) is 0.321. The number of amides is 1. The largest absolute Gasteiger partial charge is 0.493 e. The highest BCUT2D eigenvalue weighted by molar-refractivity contribution is 5.73. The summed E-state index contributed by atoms with van der Waals surface area (Å²) in [6.07, 6.45) is 1.81. The van der Waals surface area contributed by atoms with Crippen molar-refractivity contribution in [3.05, 3.63) is 95.1 Å². The standard InChI is InChI=1S/C28H29NO4/c1-20(30)29-14-15-32-28(19-29,23-10-4-3-5-11-23)24-12-13-26(31-2)27(18-24)33-25-16-21-8-6-7-9-22(21)17-25/h3-13,18,25H,14-17,19H2,1-2H3. The van der Waals surface area contributed by atoms with Crippen LogP contribution >= 0.6 is 0 Å². The molecule has 1 saturated heterocycles. The molecule has 1 heterocycles. The first-order valence-corrected chi connectivity index (χ1v) is 11.5. The van der Waals surface area contributed by atoms with Crippen molar-refractivity contribution in [2.45, 2.75) is 31.5 Å². The van der Waals surface area contributed by atoms with Crippen molar-refractivity contribution in [2.24, 2.45) is 0 Å². The summed E-state index contributed by atoms with van der Waals surface area (Å²) in [5.41, 5.74) is 3.87. The number of carbonyl (C=O) groups is 1. The Balaban J connectivity index is 1.52. The zero-order valence-corrected chi connectivity index (χ0v) is 19.1. The number of ether oxygens (including phenoxy) is 3. The van der Waals surface area contributed by atoms with Gasteiger partial charge in [0, 0.05) is 26.3 Å². The van der Waals surface area contributed by atoms with Gasteiger partial charge in [0.25, 0.3) is 0 Å². The molecule has 33 heavy (non-hydrogen) atoms. The number of fused-ring (bicyclic) bond motifs is 1. The van der Waals surface area contributed by atoms with Gasteiger partial charge in [-0.25, -0.2) is 0 Å². The van der Waals surface area contributed by atoms with Crippen LogP contribution < -0.4 is 9.47 Å². The van der Waals surface area contributed by atoms with Crippen LogP contribution in [-0.4, -0.2) is 43.7 Å². The Morgan fingerprint density at radius 1 is 0.939 bits per heavy atom. The van der Waals surface area contributed by atoms with E-state index in [0.29, 0.717) is 31.2 Å². The Hall–Kier alpha value is -3.31. The number of benzene rings is 3. The predicted molar refractivity (Wildman–Crippen MR) is 127 cm³/mol. The number of methoxy groups -OCH3 is 1. The van der Waals surface area contributed by atoms with E-state index < -0.39 is 5.60 Å². The Labute approximate surface area is 194 Å². The Morgan fingerprint density at radius 2 is 1.64 bits per heavy atom. The molecule has 5 nitrogen and oxygen atoms in total. The summed E-state index contributed by atoms with van der Waals surface area (Å²) in [5.74, 6) is 1.44. The minimum Gasteiger partial charge on any atom is -0.493 e. The maximum Gasteiger partial charge on any atom is 0.219 e. The fourth-order valence-electron chi connectivity index (χ4n) is 5.02. The van der Waals surface area contributed by atoms with Gasteiger partial charge in [-0.1, -0.05) is 60.7 Å². The monoisotopic (exact) mass is 443 g/mol. The summed E-state index contributed by atoms with van der Waals surface area (Å²) in [5, 5.41) is 0. The van der Waals surface area contributed by atoms with Crippen LogP contribution in [0.25, 0.3) is 0 Å². The van der Waals surface area contributed by atoms with Crippen LogP contribution in [0.3, 0.4) is 0 Å². The van der Waals surface area contributed by atoms with Crippen LogP contribution in [0.4, 0.5) is 0 Å². The first-order valence-electron chi connectivity index (χ1n) is 11.5. The quantitative estimate of drug-likeness (QED) is 0.588. The highest BCUT2D eigenvalue weighted by atomic mass is 16.5.